The summed E-state index contributed by atoms with van der Waals surface area (Å²) in [5.41, 5.74) is 1.77. The van der Waals surface area contributed by atoms with Crippen molar-refractivity contribution < 1.29 is 14.2 Å². The van der Waals surface area contributed by atoms with E-state index in [9.17, 15) is 0 Å². The van der Waals surface area contributed by atoms with Gasteiger partial charge in [-0.1, -0.05) is 0 Å². The standard InChI is InChI=1S/C17H24N5O2/c1-6-22(7-2)13-8-9-14(15(12-13)23-4)18-19-16-10-11-17(24-5)20-21(16)3/h8-12H,6-7H2,1-5H3/q+1. The maximum atomic E-state index is 5.46. The van der Waals surface area contributed by atoms with Gasteiger partial charge in [0.25, 0.3) is 5.88 Å². The lowest BCUT2D eigenvalue weighted by Gasteiger charge is -2.21. The van der Waals surface area contributed by atoms with Gasteiger partial charge in [-0.3, -0.25) is 0 Å². The number of benzene rings is 1. The second kappa shape index (κ2) is 8.24. The van der Waals surface area contributed by atoms with Gasteiger partial charge >= 0.3 is 5.82 Å². The molecule has 0 saturated carbocycles. The van der Waals surface area contributed by atoms with Crippen LogP contribution in [0.4, 0.5) is 17.2 Å². The number of aromatic nitrogens is 2. The van der Waals surface area contributed by atoms with Gasteiger partial charge in [-0.25, -0.2) is 0 Å². The van der Waals surface area contributed by atoms with Crippen molar-refractivity contribution >= 4 is 17.2 Å². The molecule has 1 aromatic heterocycles. The molecule has 2 aromatic rings. The van der Waals surface area contributed by atoms with Gasteiger partial charge in [-0.15, -0.1) is 4.68 Å². The number of aryl methyl sites for hydroxylation is 1. The van der Waals surface area contributed by atoms with Gasteiger partial charge in [-0.2, -0.15) is 0 Å². The van der Waals surface area contributed by atoms with Gasteiger partial charge in [0.15, 0.2) is 11.4 Å². The molecule has 0 radical (unpaired) electrons. The number of rotatable bonds is 7. The topological polar surface area (TPSA) is 63.2 Å². The predicted octanol–water partition coefficient (Wildman–Crippen LogP) is 3.18. The fourth-order valence-electron chi connectivity index (χ4n) is 2.33. The second-order valence-electron chi connectivity index (χ2n) is 5.09. The number of nitrogens with zero attached hydrogens (tertiary/aromatic N) is 5. The molecule has 0 atom stereocenters. The highest BCUT2D eigenvalue weighted by atomic mass is 16.5. The molecule has 0 aliphatic heterocycles. The first kappa shape index (κ1) is 17.7. The van der Waals surface area contributed by atoms with Crippen LogP contribution in [0.2, 0.25) is 0 Å². The normalized spacial score (nSPS) is 10.9. The molecular formula is C17H24N5O2+. The van der Waals surface area contributed by atoms with Crippen LogP contribution in [0.15, 0.2) is 40.6 Å². The minimum atomic E-state index is 0.526. The monoisotopic (exact) mass is 330 g/mol. The average Bonchev–Trinajstić information content (AvgIpc) is 2.62. The first-order chi connectivity index (χ1) is 11.6. The summed E-state index contributed by atoms with van der Waals surface area (Å²) in [4.78, 5) is 2.25. The molecule has 7 nitrogen and oxygen atoms in total. The number of ether oxygens (including phenoxy) is 2. The lowest BCUT2D eigenvalue weighted by Crippen LogP contribution is -2.33. The molecule has 0 bridgehead atoms. The van der Waals surface area contributed by atoms with Crippen molar-refractivity contribution in [3.63, 3.8) is 0 Å². The molecule has 1 heterocycles. The third kappa shape index (κ3) is 3.98. The van der Waals surface area contributed by atoms with Gasteiger partial charge in [-0.05, 0) is 36.2 Å². The first-order valence-electron chi connectivity index (χ1n) is 7.89. The molecule has 0 aliphatic carbocycles. The zero-order valence-corrected chi connectivity index (χ0v) is 14.9. The molecule has 0 amide bonds. The predicted molar refractivity (Wildman–Crippen MR) is 92.7 cm³/mol. The molecule has 0 spiro atoms. The van der Waals surface area contributed by atoms with Crippen LogP contribution in [-0.4, -0.2) is 32.4 Å². The Hall–Kier alpha value is -2.70. The molecule has 24 heavy (non-hydrogen) atoms. The number of anilines is 1. The summed E-state index contributed by atoms with van der Waals surface area (Å²) in [6, 6.07) is 9.46. The van der Waals surface area contributed by atoms with Crippen LogP contribution in [0.3, 0.4) is 0 Å². The van der Waals surface area contributed by atoms with Crippen molar-refractivity contribution in [3.05, 3.63) is 30.3 Å². The van der Waals surface area contributed by atoms with Crippen LogP contribution in [0.5, 0.6) is 11.6 Å². The summed E-state index contributed by atoms with van der Waals surface area (Å²) in [7, 11) is 5.00. The third-order valence-electron chi connectivity index (χ3n) is 3.72. The quantitative estimate of drug-likeness (QED) is 0.578. The largest absolute Gasteiger partial charge is 0.494 e. The fraction of sp³-hybridized carbons (Fsp3) is 0.412. The van der Waals surface area contributed by atoms with E-state index < -0.39 is 0 Å². The molecular weight excluding hydrogens is 306 g/mol. The Morgan fingerprint density at radius 2 is 1.79 bits per heavy atom. The summed E-state index contributed by atoms with van der Waals surface area (Å²) in [5.74, 6) is 1.83. The molecule has 0 fully saturated rings. The Labute approximate surface area is 142 Å². The minimum absolute atomic E-state index is 0.526. The van der Waals surface area contributed by atoms with E-state index in [-0.39, 0.29) is 0 Å². The highest BCUT2D eigenvalue weighted by molar-refractivity contribution is 5.61. The molecule has 0 N–H and O–H groups in total. The van der Waals surface area contributed by atoms with Crippen LogP contribution in [0.1, 0.15) is 13.8 Å². The Morgan fingerprint density at radius 3 is 2.38 bits per heavy atom. The lowest BCUT2D eigenvalue weighted by molar-refractivity contribution is -0.718. The zero-order valence-electron chi connectivity index (χ0n) is 14.9. The summed E-state index contributed by atoms with van der Waals surface area (Å²) in [6.07, 6.45) is 0. The van der Waals surface area contributed by atoms with E-state index >= 15 is 0 Å². The van der Waals surface area contributed by atoms with Gasteiger partial charge in [0, 0.05) is 37.0 Å². The molecule has 0 saturated heterocycles. The van der Waals surface area contributed by atoms with Crippen molar-refractivity contribution in [2.45, 2.75) is 13.8 Å². The maximum Gasteiger partial charge on any atom is 0.370 e. The van der Waals surface area contributed by atoms with Gasteiger partial charge in [0.2, 0.25) is 0 Å². The number of hydrogen-bond acceptors (Lipinski definition) is 6. The van der Waals surface area contributed by atoms with Gasteiger partial charge < -0.3 is 14.4 Å². The Kier molecular flexibility index (Phi) is 6.06. The van der Waals surface area contributed by atoms with Crippen LogP contribution in [-0.2, 0) is 7.05 Å². The average molecular weight is 330 g/mol. The van der Waals surface area contributed by atoms with E-state index in [1.807, 2.05) is 18.2 Å². The highest BCUT2D eigenvalue weighted by Crippen LogP contribution is 2.32. The maximum absolute atomic E-state index is 5.46. The molecule has 128 valence electrons. The first-order valence-corrected chi connectivity index (χ1v) is 7.89. The molecule has 2 rings (SSSR count). The van der Waals surface area contributed by atoms with Crippen molar-refractivity contribution in [1.82, 2.24) is 5.10 Å². The molecule has 0 unspecified atom stereocenters. The summed E-state index contributed by atoms with van der Waals surface area (Å²) < 4.78 is 12.1. The van der Waals surface area contributed by atoms with E-state index in [0.29, 0.717) is 23.1 Å². The van der Waals surface area contributed by atoms with Crippen molar-refractivity contribution in [3.8, 4) is 11.6 Å². The zero-order chi connectivity index (χ0) is 17.5. The van der Waals surface area contributed by atoms with E-state index in [1.165, 1.54) is 0 Å². The second-order valence-corrected chi connectivity index (χ2v) is 5.09. The van der Waals surface area contributed by atoms with Crippen molar-refractivity contribution in [2.75, 3.05) is 32.2 Å². The Bertz CT molecular complexity index is 714. The van der Waals surface area contributed by atoms with Crippen molar-refractivity contribution in [1.29, 1.82) is 0 Å². The van der Waals surface area contributed by atoms with Crippen LogP contribution < -0.4 is 19.1 Å². The third-order valence-corrected chi connectivity index (χ3v) is 3.72. The number of methoxy groups -OCH3 is 2. The Balaban J connectivity index is 2.29. The van der Waals surface area contributed by atoms with E-state index in [4.69, 9.17) is 9.47 Å². The van der Waals surface area contributed by atoms with E-state index in [0.717, 1.165) is 18.8 Å². The van der Waals surface area contributed by atoms with Gasteiger partial charge in [0.1, 0.15) is 7.05 Å². The number of azo groups is 1. The number of hydrogen-bond donors (Lipinski definition) is 0. The van der Waals surface area contributed by atoms with Crippen LogP contribution in [0.25, 0.3) is 0 Å². The van der Waals surface area contributed by atoms with Crippen LogP contribution >= 0.6 is 0 Å². The minimum Gasteiger partial charge on any atom is -0.494 e. The molecule has 7 heteroatoms. The van der Waals surface area contributed by atoms with Gasteiger partial charge in [0.05, 0.1) is 19.3 Å². The SMILES string of the molecule is CCN(CC)c1ccc(N=Nc2ccc(OC)n[n+]2C)c(OC)c1. The molecule has 1 aromatic carbocycles. The lowest BCUT2D eigenvalue weighted by atomic mass is 10.2. The summed E-state index contributed by atoms with van der Waals surface area (Å²) in [6.45, 7) is 6.13. The van der Waals surface area contributed by atoms with Crippen LogP contribution in [0, 0.1) is 0 Å². The van der Waals surface area contributed by atoms with E-state index in [2.05, 4.69) is 34.1 Å². The highest BCUT2D eigenvalue weighted by Gasteiger charge is 2.12. The summed E-state index contributed by atoms with van der Waals surface area (Å²) >= 11 is 0. The Morgan fingerprint density at radius 1 is 1.04 bits per heavy atom. The smallest absolute Gasteiger partial charge is 0.370 e. The van der Waals surface area contributed by atoms with E-state index in [1.54, 1.807) is 38.1 Å². The molecule has 0 aliphatic rings. The summed E-state index contributed by atoms with van der Waals surface area (Å²) in [5, 5.41) is 12.8. The fourth-order valence-corrected chi connectivity index (χ4v) is 2.33. The van der Waals surface area contributed by atoms with Crippen molar-refractivity contribution in [2.24, 2.45) is 17.3 Å².